The van der Waals surface area contributed by atoms with E-state index in [1.54, 1.807) is 30.3 Å². The molecule has 0 unspecified atom stereocenters. The van der Waals surface area contributed by atoms with E-state index in [9.17, 15) is 13.2 Å². The molecule has 1 fully saturated rings. The quantitative estimate of drug-likeness (QED) is 0.598. The second kappa shape index (κ2) is 9.82. The Morgan fingerprint density at radius 1 is 1.15 bits per heavy atom. The number of nitrogens with one attached hydrogen (secondary N) is 2. The number of benzene rings is 1. The van der Waals surface area contributed by atoms with E-state index < -0.39 is 10.0 Å². The number of carbonyl (C=O) groups excluding carboxylic acids is 1. The zero-order valence-electron chi connectivity index (χ0n) is 15.3. The third-order valence-electron chi connectivity index (χ3n) is 4.33. The molecule has 1 heterocycles. The molecule has 26 heavy (non-hydrogen) atoms. The number of hydrogen-bond donors (Lipinski definition) is 2. The normalized spacial score (nSPS) is 16.3. The fourth-order valence-electron chi connectivity index (χ4n) is 2.75. The van der Waals surface area contributed by atoms with E-state index in [2.05, 4.69) is 26.4 Å². The van der Waals surface area contributed by atoms with Crippen LogP contribution in [0.15, 0.2) is 41.8 Å². The van der Waals surface area contributed by atoms with Gasteiger partial charge in [-0.2, -0.15) is 0 Å². The van der Waals surface area contributed by atoms with Gasteiger partial charge < -0.3 is 5.32 Å². The van der Waals surface area contributed by atoms with Crippen LogP contribution in [0.4, 0.5) is 0 Å². The van der Waals surface area contributed by atoms with Crippen molar-refractivity contribution in [3.63, 3.8) is 0 Å². The van der Waals surface area contributed by atoms with Crippen LogP contribution in [0.5, 0.6) is 0 Å². The van der Waals surface area contributed by atoms with Gasteiger partial charge in [0.1, 0.15) is 0 Å². The summed E-state index contributed by atoms with van der Waals surface area (Å²) in [6, 6.07) is 6.82. The number of aryl methyl sites for hydroxylation is 1. The van der Waals surface area contributed by atoms with Crippen molar-refractivity contribution >= 4 is 15.9 Å². The number of amides is 1. The third-order valence-corrected chi connectivity index (χ3v) is 5.80. The summed E-state index contributed by atoms with van der Waals surface area (Å²) in [4.78, 5) is 16.3. The van der Waals surface area contributed by atoms with Gasteiger partial charge in [-0.1, -0.05) is 23.8 Å². The minimum atomic E-state index is -3.46. The summed E-state index contributed by atoms with van der Waals surface area (Å²) >= 11 is 0. The summed E-state index contributed by atoms with van der Waals surface area (Å²) in [7, 11) is -3.46. The molecule has 1 aromatic carbocycles. The van der Waals surface area contributed by atoms with Gasteiger partial charge in [-0.25, -0.2) is 13.1 Å². The van der Waals surface area contributed by atoms with Gasteiger partial charge in [0.05, 0.1) is 11.4 Å². The van der Waals surface area contributed by atoms with Crippen molar-refractivity contribution in [2.45, 2.75) is 11.8 Å². The maximum atomic E-state index is 12.3. The Labute approximate surface area is 156 Å². The van der Waals surface area contributed by atoms with E-state index in [1.807, 2.05) is 6.92 Å². The maximum absolute atomic E-state index is 12.3. The van der Waals surface area contributed by atoms with Crippen molar-refractivity contribution in [3.05, 3.63) is 42.5 Å². The molecule has 1 saturated heterocycles. The van der Waals surface area contributed by atoms with Crippen LogP contribution in [-0.2, 0) is 14.8 Å². The number of piperazine rings is 1. The predicted molar refractivity (Wildman–Crippen MR) is 102 cm³/mol. The lowest BCUT2D eigenvalue weighted by atomic mass is 10.2. The molecule has 7 nitrogen and oxygen atoms in total. The molecule has 144 valence electrons. The van der Waals surface area contributed by atoms with Gasteiger partial charge in [0, 0.05) is 45.8 Å². The minimum Gasteiger partial charge on any atom is -0.352 e. The van der Waals surface area contributed by atoms with Gasteiger partial charge in [0.25, 0.3) is 0 Å². The van der Waals surface area contributed by atoms with Crippen molar-refractivity contribution in [3.8, 4) is 0 Å². The summed E-state index contributed by atoms with van der Waals surface area (Å²) in [6.45, 7) is 10.6. The first-order valence-corrected chi connectivity index (χ1v) is 10.3. The Morgan fingerprint density at radius 2 is 1.77 bits per heavy atom. The van der Waals surface area contributed by atoms with E-state index in [1.165, 1.54) is 0 Å². The highest BCUT2D eigenvalue weighted by Crippen LogP contribution is 2.09. The fourth-order valence-corrected chi connectivity index (χ4v) is 3.78. The monoisotopic (exact) mass is 380 g/mol. The molecular formula is C18H28N4O3S. The predicted octanol–water partition coefficient (Wildman–Crippen LogP) is 0.193. The Kier molecular flexibility index (Phi) is 7.77. The van der Waals surface area contributed by atoms with Crippen LogP contribution < -0.4 is 10.0 Å². The minimum absolute atomic E-state index is 0.00390. The second-order valence-corrected chi connectivity index (χ2v) is 8.19. The number of carbonyl (C=O) groups is 1. The molecule has 1 aromatic rings. The molecule has 0 aromatic heterocycles. The van der Waals surface area contributed by atoms with E-state index in [0.29, 0.717) is 31.1 Å². The van der Waals surface area contributed by atoms with Gasteiger partial charge in [0.2, 0.25) is 15.9 Å². The van der Waals surface area contributed by atoms with Crippen molar-refractivity contribution in [2.24, 2.45) is 0 Å². The van der Waals surface area contributed by atoms with Crippen LogP contribution in [-0.4, -0.2) is 76.5 Å². The Hall–Kier alpha value is -1.74. The van der Waals surface area contributed by atoms with E-state index in [-0.39, 0.29) is 5.91 Å². The van der Waals surface area contributed by atoms with Crippen LogP contribution in [0.2, 0.25) is 0 Å². The van der Waals surface area contributed by atoms with Gasteiger partial charge in [-0.15, -0.1) is 6.58 Å². The number of nitrogens with zero attached hydrogens (tertiary/aromatic N) is 2. The Bertz CT molecular complexity index is 696. The molecule has 2 rings (SSSR count). The molecule has 2 N–H and O–H groups in total. The van der Waals surface area contributed by atoms with Crippen LogP contribution in [0.1, 0.15) is 5.56 Å². The molecule has 1 aliphatic heterocycles. The lowest BCUT2D eigenvalue weighted by molar-refractivity contribution is -0.122. The molecule has 1 amide bonds. The first kappa shape index (κ1) is 20.6. The summed E-state index contributed by atoms with van der Waals surface area (Å²) in [5.41, 5.74) is 1.03. The first-order valence-electron chi connectivity index (χ1n) is 8.79. The molecule has 0 spiro atoms. The molecule has 0 aliphatic carbocycles. The standard InChI is InChI=1S/C18H28N4O3S/c1-3-8-19-18(23)15-22-13-11-21(12-14-22)10-9-20-26(24,25)17-6-4-16(2)5-7-17/h3-7,20H,1,8-15H2,2H3,(H,19,23). The summed E-state index contributed by atoms with van der Waals surface area (Å²) < 4.78 is 27.2. The molecular weight excluding hydrogens is 352 g/mol. The highest BCUT2D eigenvalue weighted by molar-refractivity contribution is 7.89. The van der Waals surface area contributed by atoms with Crippen molar-refractivity contribution in [2.75, 3.05) is 52.4 Å². The lowest BCUT2D eigenvalue weighted by Gasteiger charge is -2.34. The second-order valence-electron chi connectivity index (χ2n) is 6.42. The SMILES string of the molecule is C=CCNC(=O)CN1CCN(CCNS(=O)(=O)c2ccc(C)cc2)CC1. The smallest absolute Gasteiger partial charge is 0.240 e. The van der Waals surface area contributed by atoms with Crippen LogP contribution in [0, 0.1) is 6.92 Å². The molecule has 0 atom stereocenters. The first-order chi connectivity index (χ1) is 12.4. The third kappa shape index (κ3) is 6.53. The Balaban J connectivity index is 1.69. The summed E-state index contributed by atoms with van der Waals surface area (Å²) in [6.07, 6.45) is 1.66. The molecule has 8 heteroatoms. The van der Waals surface area contributed by atoms with Gasteiger partial charge in [0.15, 0.2) is 0 Å². The number of rotatable bonds is 9. The van der Waals surface area contributed by atoms with Crippen LogP contribution in [0.25, 0.3) is 0 Å². The van der Waals surface area contributed by atoms with Crippen molar-refractivity contribution < 1.29 is 13.2 Å². The summed E-state index contributed by atoms with van der Waals surface area (Å²) in [5.74, 6) is 0.00390. The zero-order chi connectivity index (χ0) is 19.0. The molecule has 0 bridgehead atoms. The topological polar surface area (TPSA) is 81.8 Å². The molecule has 0 radical (unpaired) electrons. The van der Waals surface area contributed by atoms with E-state index >= 15 is 0 Å². The van der Waals surface area contributed by atoms with Crippen LogP contribution in [0.3, 0.4) is 0 Å². The van der Waals surface area contributed by atoms with Crippen molar-refractivity contribution in [1.82, 2.24) is 19.8 Å². The van der Waals surface area contributed by atoms with E-state index in [4.69, 9.17) is 0 Å². The molecule has 0 saturated carbocycles. The summed E-state index contributed by atoms with van der Waals surface area (Å²) in [5, 5.41) is 2.77. The van der Waals surface area contributed by atoms with E-state index in [0.717, 1.165) is 31.7 Å². The fraction of sp³-hybridized carbons (Fsp3) is 0.500. The average Bonchev–Trinajstić information content (AvgIpc) is 2.62. The highest BCUT2D eigenvalue weighted by atomic mass is 32.2. The van der Waals surface area contributed by atoms with Gasteiger partial charge in [-0.3, -0.25) is 14.6 Å². The van der Waals surface area contributed by atoms with Crippen LogP contribution >= 0.6 is 0 Å². The maximum Gasteiger partial charge on any atom is 0.240 e. The zero-order valence-corrected chi connectivity index (χ0v) is 16.1. The average molecular weight is 381 g/mol. The Morgan fingerprint density at radius 3 is 2.38 bits per heavy atom. The van der Waals surface area contributed by atoms with Crippen molar-refractivity contribution in [1.29, 1.82) is 0 Å². The highest BCUT2D eigenvalue weighted by Gasteiger charge is 2.19. The number of hydrogen-bond acceptors (Lipinski definition) is 5. The van der Waals surface area contributed by atoms with Gasteiger partial charge in [-0.05, 0) is 19.1 Å². The lowest BCUT2D eigenvalue weighted by Crippen LogP contribution is -2.50. The number of sulfonamides is 1. The van der Waals surface area contributed by atoms with Gasteiger partial charge >= 0.3 is 0 Å². The molecule has 1 aliphatic rings. The largest absolute Gasteiger partial charge is 0.352 e.